The number of methoxy groups -OCH3 is 1. The van der Waals surface area contributed by atoms with Gasteiger partial charge in [-0.3, -0.25) is 4.98 Å². The summed E-state index contributed by atoms with van der Waals surface area (Å²) in [5, 5.41) is 0. The maximum absolute atomic E-state index is 11.1. The first-order chi connectivity index (χ1) is 8.29. The molecule has 0 atom stereocenters. The molecule has 0 aliphatic rings. The van der Waals surface area contributed by atoms with Gasteiger partial charge in [0.05, 0.1) is 25.7 Å². The molecule has 2 rings (SSSR count). The zero-order chi connectivity index (χ0) is 12.1. The van der Waals surface area contributed by atoms with E-state index in [-0.39, 0.29) is 11.6 Å². The first kappa shape index (κ1) is 11.0. The van der Waals surface area contributed by atoms with Crippen LogP contribution in [0.2, 0.25) is 0 Å². The Labute approximate surface area is 97.3 Å². The maximum Gasteiger partial charge on any atom is 0.358 e. The Balaban J connectivity index is 2.11. The molecule has 0 N–H and O–H groups in total. The van der Waals surface area contributed by atoms with E-state index in [9.17, 15) is 4.79 Å². The van der Waals surface area contributed by atoms with Crippen molar-refractivity contribution in [3.8, 4) is 11.6 Å². The van der Waals surface area contributed by atoms with Gasteiger partial charge in [0.25, 0.3) is 0 Å². The van der Waals surface area contributed by atoms with Crippen LogP contribution in [0, 0.1) is 0 Å². The summed E-state index contributed by atoms with van der Waals surface area (Å²) in [5.74, 6) is 0.295. The summed E-state index contributed by atoms with van der Waals surface area (Å²) < 4.78 is 9.86. The van der Waals surface area contributed by atoms with E-state index in [1.54, 1.807) is 24.5 Å². The average molecular weight is 231 g/mol. The quantitative estimate of drug-likeness (QED) is 0.744. The predicted octanol–water partition coefficient (Wildman–Crippen LogP) is 1.45. The third-order valence-electron chi connectivity index (χ3n) is 1.88. The zero-order valence-corrected chi connectivity index (χ0v) is 9.03. The van der Waals surface area contributed by atoms with Crippen LogP contribution in [0.25, 0.3) is 0 Å². The second kappa shape index (κ2) is 5.02. The van der Waals surface area contributed by atoms with Gasteiger partial charge < -0.3 is 9.47 Å². The zero-order valence-electron chi connectivity index (χ0n) is 9.03. The smallest absolute Gasteiger partial charge is 0.358 e. The molecule has 0 saturated carbocycles. The number of rotatable bonds is 3. The van der Waals surface area contributed by atoms with Crippen molar-refractivity contribution in [1.82, 2.24) is 15.0 Å². The molecule has 0 fully saturated rings. The second-order valence-corrected chi connectivity index (χ2v) is 3.02. The summed E-state index contributed by atoms with van der Waals surface area (Å²) >= 11 is 0. The van der Waals surface area contributed by atoms with E-state index in [1.807, 2.05) is 0 Å². The van der Waals surface area contributed by atoms with Crippen molar-refractivity contribution in [3.63, 3.8) is 0 Å². The van der Waals surface area contributed by atoms with Gasteiger partial charge in [-0.1, -0.05) is 0 Å². The minimum absolute atomic E-state index is 0.131. The Kier molecular flexibility index (Phi) is 3.25. The standard InChI is InChI=1S/C11H9N3O3/c1-16-11(15)9-6-14-10(7-13-9)17-8-3-2-4-12-5-8/h2-7H,1H3. The lowest BCUT2D eigenvalue weighted by Crippen LogP contribution is -2.04. The molecule has 0 aromatic carbocycles. The maximum atomic E-state index is 11.1. The fourth-order valence-electron chi connectivity index (χ4n) is 1.11. The van der Waals surface area contributed by atoms with E-state index in [4.69, 9.17) is 4.74 Å². The van der Waals surface area contributed by atoms with Crippen molar-refractivity contribution in [2.75, 3.05) is 7.11 Å². The lowest BCUT2D eigenvalue weighted by atomic mass is 10.4. The molecule has 0 saturated heterocycles. The number of carbonyl (C=O) groups is 1. The van der Waals surface area contributed by atoms with Crippen LogP contribution in [0.1, 0.15) is 10.5 Å². The van der Waals surface area contributed by atoms with E-state index >= 15 is 0 Å². The predicted molar refractivity (Wildman–Crippen MR) is 57.7 cm³/mol. The van der Waals surface area contributed by atoms with Gasteiger partial charge in [0.1, 0.15) is 5.75 Å². The molecule has 6 nitrogen and oxygen atoms in total. The van der Waals surface area contributed by atoms with Crippen molar-refractivity contribution in [1.29, 1.82) is 0 Å². The van der Waals surface area contributed by atoms with Gasteiger partial charge in [-0.15, -0.1) is 0 Å². The van der Waals surface area contributed by atoms with Gasteiger partial charge >= 0.3 is 5.97 Å². The SMILES string of the molecule is COC(=O)c1cnc(Oc2cccnc2)cn1. The highest BCUT2D eigenvalue weighted by atomic mass is 16.5. The number of pyridine rings is 1. The van der Waals surface area contributed by atoms with Gasteiger partial charge in [0, 0.05) is 6.20 Å². The van der Waals surface area contributed by atoms with Gasteiger partial charge in [-0.2, -0.15) is 0 Å². The van der Waals surface area contributed by atoms with Crippen molar-refractivity contribution in [2.45, 2.75) is 0 Å². The molecule has 0 aliphatic carbocycles. The monoisotopic (exact) mass is 231 g/mol. The molecule has 2 heterocycles. The van der Waals surface area contributed by atoms with Crippen LogP contribution in [-0.4, -0.2) is 28.0 Å². The second-order valence-electron chi connectivity index (χ2n) is 3.02. The Morgan fingerprint density at radius 2 is 2.12 bits per heavy atom. The molecule has 2 aromatic rings. The number of hydrogen-bond acceptors (Lipinski definition) is 6. The van der Waals surface area contributed by atoms with E-state index in [2.05, 4.69) is 19.7 Å². The van der Waals surface area contributed by atoms with Crippen molar-refractivity contribution in [2.24, 2.45) is 0 Å². The molecule has 0 amide bonds. The van der Waals surface area contributed by atoms with E-state index < -0.39 is 5.97 Å². The first-order valence-corrected chi connectivity index (χ1v) is 4.78. The topological polar surface area (TPSA) is 74.2 Å². The van der Waals surface area contributed by atoms with E-state index in [0.29, 0.717) is 5.75 Å². The summed E-state index contributed by atoms with van der Waals surface area (Å²) in [6.07, 6.45) is 5.82. The molecule has 17 heavy (non-hydrogen) atoms. The van der Waals surface area contributed by atoms with Crippen LogP contribution in [0.5, 0.6) is 11.6 Å². The van der Waals surface area contributed by atoms with E-state index in [1.165, 1.54) is 19.5 Å². The fourth-order valence-corrected chi connectivity index (χ4v) is 1.11. The molecule has 0 aliphatic heterocycles. The fraction of sp³-hybridized carbons (Fsp3) is 0.0909. The highest BCUT2D eigenvalue weighted by Gasteiger charge is 2.07. The molecular formula is C11H9N3O3. The molecular weight excluding hydrogens is 222 g/mol. The third kappa shape index (κ3) is 2.75. The number of nitrogens with zero attached hydrogens (tertiary/aromatic N) is 3. The van der Waals surface area contributed by atoms with Crippen molar-refractivity contribution >= 4 is 5.97 Å². The Morgan fingerprint density at radius 3 is 2.71 bits per heavy atom. The number of carbonyl (C=O) groups excluding carboxylic acids is 1. The van der Waals surface area contributed by atoms with Crippen molar-refractivity contribution in [3.05, 3.63) is 42.6 Å². The minimum Gasteiger partial charge on any atom is -0.464 e. The summed E-state index contributed by atoms with van der Waals surface area (Å²) in [5.41, 5.74) is 0.131. The van der Waals surface area contributed by atoms with Gasteiger partial charge in [-0.25, -0.2) is 14.8 Å². The number of ether oxygens (including phenoxy) is 2. The van der Waals surface area contributed by atoms with Crippen LogP contribution in [0.3, 0.4) is 0 Å². The molecule has 86 valence electrons. The van der Waals surface area contributed by atoms with Crippen LogP contribution >= 0.6 is 0 Å². The third-order valence-corrected chi connectivity index (χ3v) is 1.88. The molecule has 0 spiro atoms. The molecule has 0 unspecified atom stereocenters. The summed E-state index contributed by atoms with van der Waals surface area (Å²) in [6, 6.07) is 3.48. The largest absolute Gasteiger partial charge is 0.464 e. The molecule has 6 heteroatoms. The minimum atomic E-state index is -0.537. The first-order valence-electron chi connectivity index (χ1n) is 4.78. The highest BCUT2D eigenvalue weighted by Crippen LogP contribution is 2.16. The summed E-state index contributed by atoms with van der Waals surface area (Å²) in [6.45, 7) is 0. The highest BCUT2D eigenvalue weighted by molar-refractivity contribution is 5.86. The van der Waals surface area contributed by atoms with Crippen LogP contribution < -0.4 is 4.74 Å². The lowest BCUT2D eigenvalue weighted by Gasteiger charge is -2.03. The Bertz CT molecular complexity index is 499. The molecule has 0 bridgehead atoms. The average Bonchev–Trinajstić information content (AvgIpc) is 2.40. The van der Waals surface area contributed by atoms with Crippen molar-refractivity contribution < 1.29 is 14.3 Å². The summed E-state index contributed by atoms with van der Waals surface area (Å²) in [4.78, 5) is 22.8. The lowest BCUT2D eigenvalue weighted by molar-refractivity contribution is 0.0593. The normalized spacial score (nSPS) is 9.71. The number of hydrogen-bond donors (Lipinski definition) is 0. The van der Waals surface area contributed by atoms with Gasteiger partial charge in [0.2, 0.25) is 5.88 Å². The molecule has 2 aromatic heterocycles. The summed E-state index contributed by atoms with van der Waals surface area (Å²) in [7, 11) is 1.28. The Hall–Kier alpha value is -2.50. The number of esters is 1. The van der Waals surface area contributed by atoms with Crippen LogP contribution in [-0.2, 0) is 4.74 Å². The van der Waals surface area contributed by atoms with Crippen LogP contribution in [0.4, 0.5) is 0 Å². The van der Waals surface area contributed by atoms with Gasteiger partial charge in [0.15, 0.2) is 5.69 Å². The van der Waals surface area contributed by atoms with E-state index in [0.717, 1.165) is 0 Å². The Morgan fingerprint density at radius 1 is 1.24 bits per heavy atom. The molecule has 0 radical (unpaired) electrons. The number of aromatic nitrogens is 3. The van der Waals surface area contributed by atoms with Crippen LogP contribution in [0.15, 0.2) is 36.9 Å². The van der Waals surface area contributed by atoms with Gasteiger partial charge in [-0.05, 0) is 12.1 Å².